The standard InChI is InChI=1S/C22H29N3O5S/c1-30-20-4-2-5-21-22(20)19(27)16-25(31(21,28)29)11-3-10-23-12-14-24(15-13-23)17-6-8-18(26)9-7-17/h2,4-9,19,26-27H,3,10-16H2,1H3. The molecule has 2 aromatic carbocycles. The molecular weight excluding hydrogens is 418 g/mol. The smallest absolute Gasteiger partial charge is 0.243 e. The Morgan fingerprint density at radius 2 is 1.74 bits per heavy atom. The summed E-state index contributed by atoms with van der Waals surface area (Å²) in [7, 11) is -2.18. The lowest BCUT2D eigenvalue weighted by Gasteiger charge is -2.37. The van der Waals surface area contributed by atoms with Gasteiger partial charge in [0.25, 0.3) is 0 Å². The van der Waals surface area contributed by atoms with Crippen molar-refractivity contribution in [1.29, 1.82) is 0 Å². The van der Waals surface area contributed by atoms with E-state index in [0.29, 0.717) is 24.3 Å². The number of nitrogens with zero attached hydrogens (tertiary/aromatic N) is 3. The summed E-state index contributed by atoms with van der Waals surface area (Å²) in [4.78, 5) is 4.75. The Hall–Kier alpha value is -2.33. The number of aliphatic hydroxyl groups is 1. The van der Waals surface area contributed by atoms with Gasteiger partial charge < -0.3 is 19.8 Å². The zero-order chi connectivity index (χ0) is 22.0. The molecule has 1 fully saturated rings. The van der Waals surface area contributed by atoms with Gasteiger partial charge in [0, 0.05) is 50.5 Å². The molecular formula is C22H29N3O5S. The fourth-order valence-electron chi connectivity index (χ4n) is 4.35. The van der Waals surface area contributed by atoms with Gasteiger partial charge in [0.15, 0.2) is 0 Å². The first-order valence-corrected chi connectivity index (χ1v) is 12.0. The van der Waals surface area contributed by atoms with Gasteiger partial charge in [0.1, 0.15) is 11.5 Å². The number of phenols is 1. The number of β-amino-alcohol motifs (C(OH)–C–C–N with tert-alkyl or cyclic N) is 1. The minimum atomic E-state index is -3.65. The highest BCUT2D eigenvalue weighted by molar-refractivity contribution is 7.89. The van der Waals surface area contributed by atoms with E-state index < -0.39 is 16.1 Å². The maximum absolute atomic E-state index is 13.0. The van der Waals surface area contributed by atoms with Crippen molar-refractivity contribution in [2.45, 2.75) is 17.4 Å². The van der Waals surface area contributed by atoms with E-state index in [2.05, 4.69) is 9.80 Å². The van der Waals surface area contributed by atoms with E-state index in [1.54, 1.807) is 24.3 Å². The second-order valence-corrected chi connectivity index (χ2v) is 9.86. The first-order chi connectivity index (χ1) is 14.9. The van der Waals surface area contributed by atoms with Crippen LogP contribution in [0.25, 0.3) is 0 Å². The van der Waals surface area contributed by atoms with Gasteiger partial charge >= 0.3 is 0 Å². The number of methoxy groups -OCH3 is 1. The monoisotopic (exact) mass is 447 g/mol. The summed E-state index contributed by atoms with van der Waals surface area (Å²) in [6, 6.07) is 12.1. The molecule has 1 atom stereocenters. The van der Waals surface area contributed by atoms with Gasteiger partial charge in [-0.25, -0.2) is 8.42 Å². The number of phenolic OH excluding ortho intramolecular Hbond substituents is 1. The van der Waals surface area contributed by atoms with Crippen LogP contribution in [0, 0.1) is 0 Å². The van der Waals surface area contributed by atoms with Crippen molar-refractivity contribution in [3.8, 4) is 11.5 Å². The van der Waals surface area contributed by atoms with Gasteiger partial charge in [0.05, 0.1) is 18.1 Å². The van der Waals surface area contributed by atoms with Gasteiger partial charge in [0.2, 0.25) is 10.0 Å². The molecule has 0 aliphatic carbocycles. The van der Waals surface area contributed by atoms with Gasteiger partial charge in [-0.05, 0) is 49.4 Å². The third kappa shape index (κ3) is 4.50. The van der Waals surface area contributed by atoms with Gasteiger partial charge in [-0.3, -0.25) is 4.90 Å². The Kier molecular flexibility index (Phi) is 6.38. The molecule has 9 heteroatoms. The normalized spacial score (nSPS) is 21.6. The molecule has 31 heavy (non-hydrogen) atoms. The van der Waals surface area contributed by atoms with Crippen LogP contribution in [0.4, 0.5) is 5.69 Å². The molecule has 0 bridgehead atoms. The molecule has 2 N–H and O–H groups in total. The van der Waals surface area contributed by atoms with Crippen LogP contribution in [0.2, 0.25) is 0 Å². The fraction of sp³-hybridized carbons (Fsp3) is 0.455. The van der Waals surface area contributed by atoms with Crippen LogP contribution in [0.1, 0.15) is 18.1 Å². The van der Waals surface area contributed by atoms with E-state index in [9.17, 15) is 18.6 Å². The lowest BCUT2D eigenvalue weighted by molar-refractivity contribution is 0.132. The molecule has 0 amide bonds. The molecule has 4 rings (SSSR count). The summed E-state index contributed by atoms with van der Waals surface area (Å²) in [5.74, 6) is 0.668. The molecule has 168 valence electrons. The Labute approximate surface area is 183 Å². The van der Waals surface area contributed by atoms with Crippen LogP contribution in [0.3, 0.4) is 0 Å². The SMILES string of the molecule is COc1cccc2c1C(O)CN(CCCN1CCN(c3ccc(O)cc3)CC1)S2(=O)=O. The van der Waals surface area contributed by atoms with Crippen LogP contribution in [0.15, 0.2) is 47.4 Å². The third-order valence-corrected chi connectivity index (χ3v) is 7.97. The number of hydrogen-bond donors (Lipinski definition) is 2. The summed E-state index contributed by atoms with van der Waals surface area (Å²) >= 11 is 0. The molecule has 2 heterocycles. The first kappa shape index (κ1) is 21.9. The maximum atomic E-state index is 13.0. The van der Waals surface area contributed by atoms with E-state index >= 15 is 0 Å². The first-order valence-electron chi connectivity index (χ1n) is 10.5. The largest absolute Gasteiger partial charge is 0.508 e. The molecule has 2 aliphatic heterocycles. The minimum Gasteiger partial charge on any atom is -0.508 e. The Bertz CT molecular complexity index is 1000. The van der Waals surface area contributed by atoms with Crippen molar-refractivity contribution in [2.75, 3.05) is 57.8 Å². The number of aliphatic hydroxyl groups excluding tert-OH is 1. The molecule has 2 aromatic rings. The molecule has 8 nitrogen and oxygen atoms in total. The quantitative estimate of drug-likeness (QED) is 0.696. The molecule has 0 aromatic heterocycles. The van der Waals surface area contributed by atoms with Crippen LogP contribution in [-0.2, 0) is 10.0 Å². The van der Waals surface area contributed by atoms with Crippen LogP contribution in [0.5, 0.6) is 11.5 Å². The number of sulfonamides is 1. The van der Waals surface area contributed by atoms with E-state index in [1.165, 1.54) is 17.5 Å². The average Bonchev–Trinajstić information content (AvgIpc) is 2.78. The number of benzene rings is 2. The van der Waals surface area contributed by atoms with Gasteiger partial charge in [-0.15, -0.1) is 0 Å². The Balaban J connectivity index is 1.32. The summed E-state index contributed by atoms with van der Waals surface area (Å²) in [6.07, 6.45) is -0.201. The second-order valence-electron chi connectivity index (χ2n) is 7.95. The molecule has 1 unspecified atom stereocenters. The summed E-state index contributed by atoms with van der Waals surface area (Å²) in [5, 5.41) is 20.0. The lowest BCUT2D eigenvalue weighted by Crippen LogP contribution is -2.47. The van der Waals surface area contributed by atoms with Gasteiger partial charge in [-0.2, -0.15) is 4.31 Å². The topological polar surface area (TPSA) is 93.6 Å². The molecule has 2 aliphatic rings. The minimum absolute atomic E-state index is 0.0460. The summed E-state index contributed by atoms with van der Waals surface area (Å²) < 4.78 is 32.7. The van der Waals surface area contributed by atoms with Crippen molar-refractivity contribution in [2.24, 2.45) is 0 Å². The fourth-order valence-corrected chi connectivity index (χ4v) is 6.10. The van der Waals surface area contributed by atoms with Crippen LogP contribution >= 0.6 is 0 Å². The number of hydrogen-bond acceptors (Lipinski definition) is 7. The van der Waals surface area contributed by atoms with E-state index in [1.807, 2.05) is 12.1 Å². The van der Waals surface area contributed by atoms with Crippen molar-refractivity contribution >= 4 is 15.7 Å². The lowest BCUT2D eigenvalue weighted by atomic mass is 10.1. The maximum Gasteiger partial charge on any atom is 0.243 e. The number of aromatic hydroxyl groups is 1. The summed E-state index contributed by atoms with van der Waals surface area (Å²) in [5.41, 5.74) is 1.45. The van der Waals surface area contributed by atoms with Crippen molar-refractivity contribution in [3.05, 3.63) is 48.0 Å². The molecule has 0 saturated carbocycles. The third-order valence-electron chi connectivity index (χ3n) is 6.04. The second kappa shape index (κ2) is 9.04. The number of fused-ring (bicyclic) bond motifs is 1. The number of rotatable bonds is 6. The zero-order valence-corrected chi connectivity index (χ0v) is 18.5. The number of anilines is 1. The number of ether oxygens (including phenoxy) is 1. The van der Waals surface area contributed by atoms with Gasteiger partial charge in [-0.1, -0.05) is 6.07 Å². The van der Waals surface area contributed by atoms with Crippen LogP contribution < -0.4 is 9.64 Å². The highest BCUT2D eigenvalue weighted by Gasteiger charge is 2.37. The highest BCUT2D eigenvalue weighted by atomic mass is 32.2. The van der Waals surface area contributed by atoms with Crippen molar-refractivity contribution in [1.82, 2.24) is 9.21 Å². The molecule has 1 saturated heterocycles. The van der Waals surface area contributed by atoms with E-state index in [0.717, 1.165) is 38.4 Å². The molecule has 0 spiro atoms. The number of piperazine rings is 1. The van der Waals surface area contributed by atoms with Crippen molar-refractivity contribution in [3.63, 3.8) is 0 Å². The van der Waals surface area contributed by atoms with E-state index in [-0.39, 0.29) is 17.2 Å². The Morgan fingerprint density at radius 1 is 1.03 bits per heavy atom. The molecule has 0 radical (unpaired) electrons. The zero-order valence-electron chi connectivity index (χ0n) is 17.6. The average molecular weight is 448 g/mol. The van der Waals surface area contributed by atoms with Crippen LogP contribution in [-0.4, -0.2) is 80.8 Å². The summed E-state index contributed by atoms with van der Waals surface area (Å²) in [6.45, 7) is 4.79. The Morgan fingerprint density at radius 3 is 2.42 bits per heavy atom. The predicted octanol–water partition coefficient (Wildman–Crippen LogP) is 1.65. The van der Waals surface area contributed by atoms with E-state index in [4.69, 9.17) is 4.74 Å². The van der Waals surface area contributed by atoms with Crippen molar-refractivity contribution < 1.29 is 23.4 Å². The highest BCUT2D eigenvalue weighted by Crippen LogP contribution is 2.38. The predicted molar refractivity (Wildman–Crippen MR) is 118 cm³/mol.